The van der Waals surface area contributed by atoms with Crippen molar-refractivity contribution in [2.75, 3.05) is 0 Å². The molecule has 0 aliphatic carbocycles. The minimum atomic E-state index is -4.80. The van der Waals surface area contributed by atoms with Gasteiger partial charge in [0, 0.05) is 12.1 Å². The van der Waals surface area contributed by atoms with Crippen LogP contribution < -0.4 is 10.6 Å². The molecule has 0 saturated heterocycles. The summed E-state index contributed by atoms with van der Waals surface area (Å²) in [5.41, 5.74) is 0.883. The van der Waals surface area contributed by atoms with E-state index in [2.05, 4.69) is 4.72 Å². The van der Waals surface area contributed by atoms with Crippen LogP contribution in [0, 0.1) is 11.7 Å². The van der Waals surface area contributed by atoms with E-state index in [4.69, 9.17) is 10.7 Å². The molecule has 31 heavy (non-hydrogen) atoms. The van der Waals surface area contributed by atoms with Gasteiger partial charge in [0.25, 0.3) is 0 Å². The van der Waals surface area contributed by atoms with Gasteiger partial charge in [-0.05, 0) is 48.6 Å². The lowest BCUT2D eigenvalue weighted by atomic mass is 9.90. The van der Waals surface area contributed by atoms with Gasteiger partial charge in [-0.1, -0.05) is 38.1 Å². The summed E-state index contributed by atoms with van der Waals surface area (Å²) in [7, 11) is -4.53. The fourth-order valence-corrected chi connectivity index (χ4v) is 4.21. The van der Waals surface area contributed by atoms with Crippen molar-refractivity contribution in [2.45, 2.75) is 44.8 Å². The molecule has 0 radical (unpaired) electrons. The van der Waals surface area contributed by atoms with Crippen molar-refractivity contribution < 1.29 is 30.8 Å². The van der Waals surface area contributed by atoms with Crippen molar-refractivity contribution in [1.82, 2.24) is 4.72 Å². The molecule has 5 nitrogen and oxygen atoms in total. The zero-order valence-electron chi connectivity index (χ0n) is 17.3. The van der Waals surface area contributed by atoms with Gasteiger partial charge >= 0.3 is 6.18 Å². The van der Waals surface area contributed by atoms with E-state index < -0.39 is 32.5 Å². The fourth-order valence-electron chi connectivity index (χ4n) is 3.09. The third kappa shape index (κ3) is 6.05. The number of nitrogens with one attached hydrogen (secondary N) is 1. The molecule has 0 spiro atoms. The van der Waals surface area contributed by atoms with Crippen LogP contribution >= 0.6 is 0 Å². The summed E-state index contributed by atoms with van der Waals surface area (Å²) in [5, 5.41) is 0. The average Bonchev–Trinajstić information content (AvgIpc) is 2.71. The Balaban J connectivity index is 2.33. The smallest absolute Gasteiger partial charge is 0.416 e. The molecule has 0 heterocycles. The molecule has 0 aliphatic heterocycles. The van der Waals surface area contributed by atoms with Crippen LogP contribution in [0.25, 0.3) is 5.57 Å². The highest BCUT2D eigenvalue weighted by Crippen LogP contribution is 2.32. The number of rotatable bonds is 8. The van der Waals surface area contributed by atoms with E-state index >= 15 is 0 Å². The minimum Gasteiger partial charge on any atom is -0.416 e. The quantitative estimate of drug-likeness (QED) is 0.330. The summed E-state index contributed by atoms with van der Waals surface area (Å²) in [6.07, 6.45) is -3.99. The second-order valence-electron chi connectivity index (χ2n) is 7.06. The SMILES string of the molecule is CCC(C)/C(=C(/C)ON)c1cccc(CNS(=O)(=O)c2cc(C(F)(F)F)ccc2F)c1. The Labute approximate surface area is 178 Å². The zero-order valence-corrected chi connectivity index (χ0v) is 18.1. The van der Waals surface area contributed by atoms with E-state index in [0.717, 1.165) is 17.6 Å². The number of halogens is 4. The normalized spacial score (nSPS) is 14.2. The molecule has 0 amide bonds. The van der Waals surface area contributed by atoms with Gasteiger partial charge in [0.05, 0.1) is 5.56 Å². The Morgan fingerprint density at radius 1 is 1.19 bits per heavy atom. The largest absolute Gasteiger partial charge is 0.416 e. The van der Waals surface area contributed by atoms with Crippen LogP contribution in [0.2, 0.25) is 0 Å². The van der Waals surface area contributed by atoms with E-state index in [1.165, 1.54) is 0 Å². The number of nitrogens with two attached hydrogens (primary N) is 1. The minimum absolute atomic E-state index is 0.106. The average molecular weight is 460 g/mol. The standard InChI is InChI=1S/C21H24F4N2O3S/c1-4-13(2)20(14(3)30-26)16-7-5-6-15(10-16)12-27-31(28,29)19-11-17(21(23,24)25)8-9-18(19)22/h5-11,13,27H,4,12,26H2,1-3H3/b20-14+. The summed E-state index contributed by atoms with van der Waals surface area (Å²) in [6.45, 7) is 5.45. The van der Waals surface area contributed by atoms with Crippen molar-refractivity contribution in [1.29, 1.82) is 0 Å². The van der Waals surface area contributed by atoms with Gasteiger partial charge in [0.2, 0.25) is 10.0 Å². The van der Waals surface area contributed by atoms with Crippen LogP contribution in [-0.2, 0) is 27.6 Å². The van der Waals surface area contributed by atoms with E-state index in [1.54, 1.807) is 25.1 Å². The molecule has 170 valence electrons. The molecule has 1 atom stereocenters. The van der Waals surface area contributed by atoms with E-state index in [1.807, 2.05) is 19.9 Å². The molecule has 0 fully saturated rings. The number of allylic oxidation sites excluding steroid dienone is 2. The molecule has 3 N–H and O–H groups in total. The summed E-state index contributed by atoms with van der Waals surface area (Å²) in [4.78, 5) is 3.82. The van der Waals surface area contributed by atoms with Gasteiger partial charge in [-0.3, -0.25) is 0 Å². The van der Waals surface area contributed by atoms with Crippen LogP contribution in [0.15, 0.2) is 53.1 Å². The lowest BCUT2D eigenvalue weighted by molar-refractivity contribution is -0.137. The second kappa shape index (κ2) is 9.80. The molecule has 0 aliphatic rings. The summed E-state index contributed by atoms with van der Waals surface area (Å²) in [5.74, 6) is 4.66. The predicted molar refractivity (Wildman–Crippen MR) is 109 cm³/mol. The molecule has 2 aromatic carbocycles. The topological polar surface area (TPSA) is 81.4 Å². The maximum atomic E-state index is 14.0. The second-order valence-corrected chi connectivity index (χ2v) is 8.80. The monoisotopic (exact) mass is 460 g/mol. The number of alkyl halides is 3. The molecule has 1 unspecified atom stereocenters. The van der Waals surface area contributed by atoms with Crippen LogP contribution in [0.5, 0.6) is 0 Å². The van der Waals surface area contributed by atoms with Crippen LogP contribution in [0.1, 0.15) is 43.9 Å². The first-order valence-electron chi connectivity index (χ1n) is 9.44. The van der Waals surface area contributed by atoms with Gasteiger partial charge in [0.1, 0.15) is 16.5 Å². The Hall–Kier alpha value is -2.43. The number of benzene rings is 2. The Morgan fingerprint density at radius 3 is 2.45 bits per heavy atom. The Morgan fingerprint density at radius 2 is 1.87 bits per heavy atom. The van der Waals surface area contributed by atoms with Gasteiger partial charge in [-0.2, -0.15) is 19.1 Å². The van der Waals surface area contributed by atoms with Crippen molar-refractivity contribution >= 4 is 15.6 Å². The molecular formula is C21H24F4N2O3S. The highest BCUT2D eigenvalue weighted by molar-refractivity contribution is 7.89. The van der Waals surface area contributed by atoms with E-state index in [9.17, 15) is 26.0 Å². The van der Waals surface area contributed by atoms with Gasteiger partial charge in [0.15, 0.2) is 0 Å². The van der Waals surface area contributed by atoms with Crippen LogP contribution in [0.3, 0.4) is 0 Å². The highest BCUT2D eigenvalue weighted by atomic mass is 32.2. The molecular weight excluding hydrogens is 436 g/mol. The summed E-state index contributed by atoms with van der Waals surface area (Å²) < 4.78 is 79.7. The van der Waals surface area contributed by atoms with Crippen LogP contribution in [-0.4, -0.2) is 8.42 Å². The Kier molecular flexibility index (Phi) is 7.85. The predicted octanol–water partition coefficient (Wildman–Crippen LogP) is 4.99. The molecule has 0 bridgehead atoms. The lowest BCUT2D eigenvalue weighted by Gasteiger charge is -2.18. The first kappa shape index (κ1) is 24.8. The summed E-state index contributed by atoms with van der Waals surface area (Å²) in [6, 6.07) is 8.12. The fraction of sp³-hybridized carbons (Fsp3) is 0.333. The van der Waals surface area contributed by atoms with Crippen molar-refractivity contribution in [3.8, 4) is 0 Å². The first-order chi connectivity index (χ1) is 14.4. The maximum Gasteiger partial charge on any atom is 0.416 e. The lowest BCUT2D eigenvalue weighted by Crippen LogP contribution is -2.25. The number of hydrogen-bond acceptors (Lipinski definition) is 4. The van der Waals surface area contributed by atoms with Gasteiger partial charge in [-0.15, -0.1) is 0 Å². The van der Waals surface area contributed by atoms with Crippen molar-refractivity contribution in [2.24, 2.45) is 11.8 Å². The summed E-state index contributed by atoms with van der Waals surface area (Å²) >= 11 is 0. The maximum absolute atomic E-state index is 14.0. The van der Waals surface area contributed by atoms with Crippen LogP contribution in [0.4, 0.5) is 17.6 Å². The zero-order chi connectivity index (χ0) is 23.4. The number of sulfonamides is 1. The van der Waals surface area contributed by atoms with Crippen molar-refractivity contribution in [3.05, 3.63) is 70.7 Å². The van der Waals surface area contributed by atoms with E-state index in [0.29, 0.717) is 23.5 Å². The van der Waals surface area contributed by atoms with E-state index in [-0.39, 0.29) is 18.5 Å². The molecule has 2 rings (SSSR count). The molecule has 2 aromatic rings. The van der Waals surface area contributed by atoms with Gasteiger partial charge in [-0.25, -0.2) is 17.5 Å². The molecule has 0 saturated carbocycles. The third-order valence-electron chi connectivity index (χ3n) is 4.91. The number of hydrogen-bond donors (Lipinski definition) is 2. The van der Waals surface area contributed by atoms with Gasteiger partial charge < -0.3 is 4.84 Å². The van der Waals surface area contributed by atoms with Crippen molar-refractivity contribution in [3.63, 3.8) is 0 Å². The highest BCUT2D eigenvalue weighted by Gasteiger charge is 2.33. The third-order valence-corrected chi connectivity index (χ3v) is 6.33. The molecule has 0 aromatic heterocycles. The first-order valence-corrected chi connectivity index (χ1v) is 10.9. The Bertz CT molecular complexity index is 1070. The molecule has 10 heteroatoms.